The summed E-state index contributed by atoms with van der Waals surface area (Å²) in [5.41, 5.74) is 10.2. The van der Waals surface area contributed by atoms with E-state index in [9.17, 15) is 0 Å². The first kappa shape index (κ1) is 14.9. The van der Waals surface area contributed by atoms with Crippen LogP contribution in [0.4, 0.5) is 0 Å². The summed E-state index contributed by atoms with van der Waals surface area (Å²) in [4.78, 5) is 0. The first-order chi connectivity index (χ1) is 10.8. The zero-order valence-electron chi connectivity index (χ0n) is 13.0. The van der Waals surface area contributed by atoms with Crippen molar-refractivity contribution in [1.29, 1.82) is 0 Å². The molecule has 3 rings (SSSR count). The van der Waals surface area contributed by atoms with E-state index in [2.05, 4.69) is 31.2 Å². The third kappa shape index (κ3) is 3.42. The number of aryl methyl sites for hydroxylation is 2. The molecule has 2 aromatic carbocycles. The standard InChI is InChI=1S/C19H23NO2/c1-2-14-3-5-15(6-4-14)7-9-17(20)16-8-10-18-19(13-16)22-12-11-21-18/h3-6,8,10,13,17H,2,7,9,11-12,20H2,1H3. The molecule has 0 saturated heterocycles. The first-order valence-corrected chi connectivity index (χ1v) is 7.99. The molecule has 0 fully saturated rings. The van der Waals surface area contributed by atoms with Crippen molar-refractivity contribution in [2.24, 2.45) is 5.73 Å². The summed E-state index contributed by atoms with van der Waals surface area (Å²) in [6.07, 6.45) is 2.99. The van der Waals surface area contributed by atoms with Crippen LogP contribution in [0.2, 0.25) is 0 Å². The van der Waals surface area contributed by atoms with E-state index >= 15 is 0 Å². The molecule has 3 heteroatoms. The lowest BCUT2D eigenvalue weighted by Crippen LogP contribution is -2.17. The molecule has 0 radical (unpaired) electrons. The fourth-order valence-corrected chi connectivity index (χ4v) is 2.72. The van der Waals surface area contributed by atoms with Crippen molar-refractivity contribution in [2.75, 3.05) is 13.2 Å². The first-order valence-electron chi connectivity index (χ1n) is 7.99. The Morgan fingerprint density at radius 1 is 0.955 bits per heavy atom. The van der Waals surface area contributed by atoms with Crippen LogP contribution < -0.4 is 15.2 Å². The van der Waals surface area contributed by atoms with Crippen LogP contribution in [0.1, 0.15) is 36.1 Å². The van der Waals surface area contributed by atoms with Crippen molar-refractivity contribution in [1.82, 2.24) is 0 Å². The molecule has 1 atom stereocenters. The summed E-state index contributed by atoms with van der Waals surface area (Å²) in [5, 5.41) is 0. The predicted molar refractivity (Wildman–Crippen MR) is 88.5 cm³/mol. The molecular weight excluding hydrogens is 274 g/mol. The van der Waals surface area contributed by atoms with Crippen LogP contribution in [0.15, 0.2) is 42.5 Å². The second-order valence-electron chi connectivity index (χ2n) is 5.72. The lowest BCUT2D eigenvalue weighted by Gasteiger charge is -2.20. The molecule has 3 nitrogen and oxygen atoms in total. The fraction of sp³-hybridized carbons (Fsp3) is 0.368. The maximum absolute atomic E-state index is 6.34. The lowest BCUT2D eigenvalue weighted by atomic mass is 9.98. The van der Waals surface area contributed by atoms with Gasteiger partial charge in [0.15, 0.2) is 11.5 Å². The monoisotopic (exact) mass is 297 g/mol. The van der Waals surface area contributed by atoms with Gasteiger partial charge in [0.25, 0.3) is 0 Å². The minimum atomic E-state index is 0.0154. The molecular formula is C19H23NO2. The minimum absolute atomic E-state index is 0.0154. The Labute approximate surface area is 132 Å². The Morgan fingerprint density at radius 2 is 1.64 bits per heavy atom. The molecule has 0 aliphatic carbocycles. The summed E-state index contributed by atoms with van der Waals surface area (Å²) >= 11 is 0. The topological polar surface area (TPSA) is 44.5 Å². The molecule has 1 heterocycles. The average molecular weight is 297 g/mol. The van der Waals surface area contributed by atoms with Gasteiger partial charge in [-0.2, -0.15) is 0 Å². The van der Waals surface area contributed by atoms with Crippen LogP contribution >= 0.6 is 0 Å². The molecule has 0 bridgehead atoms. The number of ether oxygens (including phenoxy) is 2. The maximum Gasteiger partial charge on any atom is 0.161 e. The highest BCUT2D eigenvalue weighted by molar-refractivity contribution is 5.44. The maximum atomic E-state index is 6.34. The summed E-state index contributed by atoms with van der Waals surface area (Å²) in [6.45, 7) is 3.40. The van der Waals surface area contributed by atoms with E-state index in [-0.39, 0.29) is 6.04 Å². The minimum Gasteiger partial charge on any atom is -0.486 e. The van der Waals surface area contributed by atoms with Gasteiger partial charge in [0.1, 0.15) is 13.2 Å². The molecule has 22 heavy (non-hydrogen) atoms. The summed E-state index contributed by atoms with van der Waals surface area (Å²) in [6, 6.07) is 14.8. The van der Waals surface area contributed by atoms with Crippen LogP contribution in [0.3, 0.4) is 0 Å². The van der Waals surface area contributed by atoms with E-state index in [0.29, 0.717) is 13.2 Å². The van der Waals surface area contributed by atoms with Gasteiger partial charge in [-0.1, -0.05) is 37.3 Å². The number of hydrogen-bond donors (Lipinski definition) is 1. The molecule has 2 N–H and O–H groups in total. The second-order valence-corrected chi connectivity index (χ2v) is 5.72. The third-order valence-electron chi connectivity index (χ3n) is 4.17. The number of nitrogens with two attached hydrogens (primary N) is 1. The van der Waals surface area contributed by atoms with Gasteiger partial charge in [-0.3, -0.25) is 0 Å². The van der Waals surface area contributed by atoms with Gasteiger partial charge < -0.3 is 15.2 Å². The highest BCUT2D eigenvalue weighted by atomic mass is 16.6. The van der Waals surface area contributed by atoms with Gasteiger partial charge in [-0.15, -0.1) is 0 Å². The number of hydrogen-bond acceptors (Lipinski definition) is 3. The molecule has 0 amide bonds. The molecule has 1 aliphatic rings. The number of benzene rings is 2. The van der Waals surface area contributed by atoms with Gasteiger partial charge >= 0.3 is 0 Å². The van der Waals surface area contributed by atoms with Crippen LogP contribution in [0.5, 0.6) is 11.5 Å². The summed E-state index contributed by atoms with van der Waals surface area (Å²) in [7, 11) is 0. The predicted octanol–water partition coefficient (Wildman–Crippen LogP) is 3.65. The van der Waals surface area contributed by atoms with Gasteiger partial charge in [-0.05, 0) is 48.1 Å². The van der Waals surface area contributed by atoms with Crippen LogP contribution in [-0.2, 0) is 12.8 Å². The van der Waals surface area contributed by atoms with Gasteiger partial charge in [0, 0.05) is 6.04 Å². The van der Waals surface area contributed by atoms with E-state index < -0.39 is 0 Å². The molecule has 0 saturated carbocycles. The zero-order valence-corrected chi connectivity index (χ0v) is 13.0. The van der Waals surface area contributed by atoms with Crippen molar-refractivity contribution in [2.45, 2.75) is 32.2 Å². The molecule has 0 spiro atoms. The van der Waals surface area contributed by atoms with Gasteiger partial charge in [0.05, 0.1) is 0 Å². The average Bonchev–Trinajstić information content (AvgIpc) is 2.59. The van der Waals surface area contributed by atoms with Crippen molar-refractivity contribution in [3.8, 4) is 11.5 Å². The third-order valence-corrected chi connectivity index (χ3v) is 4.17. The quantitative estimate of drug-likeness (QED) is 0.916. The van der Waals surface area contributed by atoms with Crippen LogP contribution in [0, 0.1) is 0 Å². The van der Waals surface area contributed by atoms with E-state index in [1.165, 1.54) is 11.1 Å². The Balaban J connectivity index is 1.62. The normalized spacial score (nSPS) is 14.6. The van der Waals surface area contributed by atoms with Crippen molar-refractivity contribution >= 4 is 0 Å². The number of fused-ring (bicyclic) bond motifs is 1. The van der Waals surface area contributed by atoms with E-state index in [1.807, 2.05) is 18.2 Å². The van der Waals surface area contributed by atoms with Gasteiger partial charge in [-0.25, -0.2) is 0 Å². The largest absolute Gasteiger partial charge is 0.486 e. The van der Waals surface area contributed by atoms with E-state index in [4.69, 9.17) is 15.2 Å². The van der Waals surface area contributed by atoms with Crippen LogP contribution in [-0.4, -0.2) is 13.2 Å². The Morgan fingerprint density at radius 3 is 2.36 bits per heavy atom. The SMILES string of the molecule is CCc1ccc(CCC(N)c2ccc3c(c2)OCCO3)cc1. The fourth-order valence-electron chi connectivity index (χ4n) is 2.72. The summed E-state index contributed by atoms with van der Waals surface area (Å²) in [5.74, 6) is 1.63. The number of rotatable bonds is 5. The van der Waals surface area contributed by atoms with Gasteiger partial charge in [0.2, 0.25) is 0 Å². The van der Waals surface area contributed by atoms with Crippen molar-refractivity contribution < 1.29 is 9.47 Å². The summed E-state index contributed by atoms with van der Waals surface area (Å²) < 4.78 is 11.2. The van der Waals surface area contributed by atoms with Crippen molar-refractivity contribution in [3.05, 3.63) is 59.2 Å². The van der Waals surface area contributed by atoms with E-state index in [0.717, 1.165) is 36.3 Å². The molecule has 1 unspecified atom stereocenters. The molecule has 1 aliphatic heterocycles. The Hall–Kier alpha value is -2.00. The highest BCUT2D eigenvalue weighted by Gasteiger charge is 2.14. The van der Waals surface area contributed by atoms with Crippen molar-refractivity contribution in [3.63, 3.8) is 0 Å². The molecule has 116 valence electrons. The molecule has 2 aromatic rings. The Kier molecular flexibility index (Phi) is 4.64. The highest BCUT2D eigenvalue weighted by Crippen LogP contribution is 2.33. The second kappa shape index (κ2) is 6.84. The molecule has 0 aromatic heterocycles. The Bertz CT molecular complexity index is 622. The smallest absolute Gasteiger partial charge is 0.161 e. The van der Waals surface area contributed by atoms with Crippen LogP contribution in [0.25, 0.3) is 0 Å². The lowest BCUT2D eigenvalue weighted by molar-refractivity contribution is 0.171. The zero-order chi connectivity index (χ0) is 15.4. The van der Waals surface area contributed by atoms with E-state index in [1.54, 1.807) is 0 Å².